The molecule has 0 aliphatic heterocycles. The van der Waals surface area contributed by atoms with Gasteiger partial charge in [-0.15, -0.1) is 0 Å². The summed E-state index contributed by atoms with van der Waals surface area (Å²) in [5.41, 5.74) is 2.25. The third-order valence-corrected chi connectivity index (χ3v) is 4.99. The largest absolute Gasteiger partial charge is 0.497 e. The Labute approximate surface area is 183 Å². The van der Waals surface area contributed by atoms with Crippen LogP contribution in [0.5, 0.6) is 5.75 Å². The van der Waals surface area contributed by atoms with Crippen LogP contribution in [0, 0.1) is 0 Å². The predicted octanol–water partition coefficient (Wildman–Crippen LogP) is 6.58. The number of carbonyl (C=O) groups is 1. The molecular weight excluding hydrogens is 423 g/mol. The molecular formula is C23H16Cl2N2O3. The molecule has 1 aromatic heterocycles. The number of anilines is 1. The van der Waals surface area contributed by atoms with Crippen LogP contribution < -0.4 is 10.1 Å². The summed E-state index contributed by atoms with van der Waals surface area (Å²) >= 11 is 12.1. The maximum Gasteiger partial charge on any atom is 0.256 e. The molecule has 0 aliphatic rings. The summed E-state index contributed by atoms with van der Waals surface area (Å²) in [6.07, 6.45) is 1.62. The van der Waals surface area contributed by atoms with E-state index in [4.69, 9.17) is 32.4 Å². The molecule has 0 saturated carbocycles. The van der Waals surface area contributed by atoms with E-state index in [1.807, 2.05) is 30.3 Å². The molecule has 30 heavy (non-hydrogen) atoms. The van der Waals surface area contributed by atoms with E-state index in [0.29, 0.717) is 44.3 Å². The molecule has 5 nitrogen and oxygen atoms in total. The van der Waals surface area contributed by atoms with Gasteiger partial charge in [0.1, 0.15) is 5.75 Å². The zero-order valence-electron chi connectivity index (χ0n) is 15.9. The number of benzene rings is 3. The number of aromatic nitrogens is 1. The second-order valence-electron chi connectivity index (χ2n) is 6.39. The molecule has 0 unspecified atom stereocenters. The molecule has 0 saturated heterocycles. The van der Waals surface area contributed by atoms with Crippen LogP contribution in [0.2, 0.25) is 10.0 Å². The van der Waals surface area contributed by atoms with Crippen LogP contribution in [0.15, 0.2) is 77.3 Å². The first-order valence-electron chi connectivity index (χ1n) is 9.01. The van der Waals surface area contributed by atoms with Gasteiger partial charge in [-0.25, -0.2) is 4.98 Å². The maximum atomic E-state index is 12.9. The topological polar surface area (TPSA) is 64.4 Å². The van der Waals surface area contributed by atoms with Crippen LogP contribution in [0.25, 0.3) is 22.8 Å². The van der Waals surface area contributed by atoms with E-state index in [2.05, 4.69) is 10.3 Å². The van der Waals surface area contributed by atoms with E-state index >= 15 is 0 Å². The highest BCUT2D eigenvalue weighted by atomic mass is 35.5. The fourth-order valence-electron chi connectivity index (χ4n) is 2.96. The molecule has 150 valence electrons. The van der Waals surface area contributed by atoms with Gasteiger partial charge in [0.05, 0.1) is 29.6 Å². The van der Waals surface area contributed by atoms with Crippen LogP contribution in [-0.2, 0) is 0 Å². The van der Waals surface area contributed by atoms with E-state index in [0.717, 1.165) is 5.56 Å². The Hall–Kier alpha value is -3.28. The smallest absolute Gasteiger partial charge is 0.256 e. The molecule has 4 rings (SSSR count). The SMILES string of the molecule is COc1cccc(-c2cnc(-c3ccccc3C(=O)Nc3ccc(Cl)cc3Cl)o2)c1. The fraction of sp³-hybridized carbons (Fsp3) is 0.0435. The summed E-state index contributed by atoms with van der Waals surface area (Å²) in [6.45, 7) is 0. The number of oxazole rings is 1. The number of carbonyl (C=O) groups excluding carboxylic acids is 1. The van der Waals surface area contributed by atoms with Gasteiger partial charge in [0.25, 0.3) is 5.91 Å². The second kappa shape index (κ2) is 8.61. The third-order valence-electron chi connectivity index (χ3n) is 4.44. The number of nitrogens with zero attached hydrogens (tertiary/aromatic N) is 1. The van der Waals surface area contributed by atoms with E-state index in [1.54, 1.807) is 49.7 Å². The lowest BCUT2D eigenvalue weighted by molar-refractivity contribution is 0.102. The van der Waals surface area contributed by atoms with Gasteiger partial charge in [-0.3, -0.25) is 4.79 Å². The molecule has 3 aromatic carbocycles. The van der Waals surface area contributed by atoms with E-state index in [9.17, 15) is 4.79 Å². The molecule has 1 heterocycles. The quantitative estimate of drug-likeness (QED) is 0.382. The molecule has 7 heteroatoms. The molecule has 0 aliphatic carbocycles. The van der Waals surface area contributed by atoms with Gasteiger partial charge in [0.2, 0.25) is 5.89 Å². The Bertz CT molecular complexity index is 1220. The highest BCUT2D eigenvalue weighted by Crippen LogP contribution is 2.31. The van der Waals surface area contributed by atoms with Crippen molar-refractivity contribution >= 4 is 34.8 Å². The molecule has 0 radical (unpaired) electrons. The maximum absolute atomic E-state index is 12.9. The van der Waals surface area contributed by atoms with Crippen LogP contribution in [0.3, 0.4) is 0 Å². The van der Waals surface area contributed by atoms with E-state index < -0.39 is 0 Å². The molecule has 0 fully saturated rings. The van der Waals surface area contributed by atoms with Crippen LogP contribution >= 0.6 is 23.2 Å². The Morgan fingerprint density at radius 2 is 1.87 bits per heavy atom. The Kier molecular flexibility index (Phi) is 5.74. The van der Waals surface area contributed by atoms with Gasteiger partial charge >= 0.3 is 0 Å². The van der Waals surface area contributed by atoms with Crippen LogP contribution in [0.1, 0.15) is 10.4 Å². The number of ether oxygens (including phenoxy) is 1. The van der Waals surface area contributed by atoms with Crippen molar-refractivity contribution < 1.29 is 13.9 Å². The van der Waals surface area contributed by atoms with Gasteiger partial charge in [0, 0.05) is 16.1 Å². The molecule has 0 bridgehead atoms. The predicted molar refractivity (Wildman–Crippen MR) is 118 cm³/mol. The van der Waals surface area contributed by atoms with Gasteiger partial charge in [-0.1, -0.05) is 47.5 Å². The van der Waals surface area contributed by atoms with Gasteiger partial charge in [-0.2, -0.15) is 0 Å². The van der Waals surface area contributed by atoms with E-state index in [-0.39, 0.29) is 5.91 Å². The first kappa shape index (κ1) is 20.0. The molecule has 1 N–H and O–H groups in total. The summed E-state index contributed by atoms with van der Waals surface area (Å²) in [6, 6.07) is 19.4. The monoisotopic (exact) mass is 438 g/mol. The zero-order chi connectivity index (χ0) is 21.1. The molecule has 0 atom stereocenters. The average molecular weight is 439 g/mol. The fourth-order valence-corrected chi connectivity index (χ4v) is 3.41. The van der Waals surface area contributed by atoms with Crippen molar-refractivity contribution in [1.29, 1.82) is 0 Å². The van der Waals surface area contributed by atoms with Gasteiger partial charge < -0.3 is 14.5 Å². The summed E-state index contributed by atoms with van der Waals surface area (Å²) < 4.78 is 11.2. The molecule has 0 spiro atoms. The van der Waals surface area contributed by atoms with Crippen LogP contribution in [-0.4, -0.2) is 18.0 Å². The standard InChI is InChI=1S/C23H16Cl2N2O3/c1-29-16-6-4-5-14(11-16)21-13-26-23(30-21)18-8-3-2-7-17(18)22(28)27-20-10-9-15(24)12-19(20)25/h2-13H,1H3,(H,27,28). The van der Waals surface area contributed by atoms with Crippen molar-refractivity contribution in [3.8, 4) is 28.5 Å². The van der Waals surface area contributed by atoms with Crippen molar-refractivity contribution in [2.24, 2.45) is 0 Å². The van der Waals surface area contributed by atoms with E-state index in [1.165, 1.54) is 0 Å². The Morgan fingerprint density at radius 3 is 2.67 bits per heavy atom. The summed E-state index contributed by atoms with van der Waals surface area (Å²) in [4.78, 5) is 17.3. The lowest BCUT2D eigenvalue weighted by Gasteiger charge is -2.10. The number of hydrogen-bond donors (Lipinski definition) is 1. The number of rotatable bonds is 5. The summed E-state index contributed by atoms with van der Waals surface area (Å²) in [5.74, 6) is 1.28. The van der Waals surface area contributed by atoms with Crippen molar-refractivity contribution in [3.05, 3.63) is 88.5 Å². The number of nitrogens with one attached hydrogen (secondary N) is 1. The van der Waals surface area contributed by atoms with Crippen LogP contribution in [0.4, 0.5) is 5.69 Å². The Morgan fingerprint density at radius 1 is 1.03 bits per heavy atom. The number of hydrogen-bond acceptors (Lipinski definition) is 4. The highest BCUT2D eigenvalue weighted by molar-refractivity contribution is 6.36. The minimum absolute atomic E-state index is 0.334. The lowest BCUT2D eigenvalue weighted by Crippen LogP contribution is -2.13. The number of methoxy groups -OCH3 is 1. The summed E-state index contributed by atoms with van der Waals surface area (Å²) in [5, 5.41) is 3.64. The second-order valence-corrected chi connectivity index (χ2v) is 7.23. The molecule has 1 amide bonds. The van der Waals surface area contributed by atoms with Crippen molar-refractivity contribution in [2.45, 2.75) is 0 Å². The third kappa shape index (κ3) is 4.17. The first-order valence-corrected chi connectivity index (χ1v) is 9.77. The Balaban J connectivity index is 1.65. The van der Waals surface area contributed by atoms with Gasteiger partial charge in [-0.05, 0) is 42.5 Å². The average Bonchev–Trinajstić information content (AvgIpc) is 3.26. The lowest BCUT2D eigenvalue weighted by atomic mass is 10.1. The number of amides is 1. The molecule has 4 aromatic rings. The first-order chi connectivity index (χ1) is 14.5. The minimum atomic E-state index is -0.337. The van der Waals surface area contributed by atoms with Crippen molar-refractivity contribution in [1.82, 2.24) is 4.98 Å². The number of halogens is 2. The van der Waals surface area contributed by atoms with Crippen molar-refractivity contribution in [3.63, 3.8) is 0 Å². The van der Waals surface area contributed by atoms with Crippen molar-refractivity contribution in [2.75, 3.05) is 12.4 Å². The zero-order valence-corrected chi connectivity index (χ0v) is 17.4. The normalized spacial score (nSPS) is 10.6. The highest BCUT2D eigenvalue weighted by Gasteiger charge is 2.18. The minimum Gasteiger partial charge on any atom is -0.497 e. The summed E-state index contributed by atoms with van der Waals surface area (Å²) in [7, 11) is 1.60. The van der Waals surface area contributed by atoms with Gasteiger partial charge in [0.15, 0.2) is 5.76 Å².